The summed E-state index contributed by atoms with van der Waals surface area (Å²) in [6, 6.07) is 5.43. The molecule has 5 nitrogen and oxygen atoms in total. The van der Waals surface area contributed by atoms with Crippen LogP contribution < -0.4 is 10.1 Å². The summed E-state index contributed by atoms with van der Waals surface area (Å²) in [4.78, 5) is 12.3. The molecule has 82 valence electrons. The van der Waals surface area contributed by atoms with Gasteiger partial charge in [0.15, 0.2) is 0 Å². The first-order valence-electron chi connectivity index (χ1n) is 4.89. The molecule has 0 radical (unpaired) electrons. The number of hydrogen-bond acceptors (Lipinski definition) is 5. The van der Waals surface area contributed by atoms with Crippen LogP contribution in [-0.2, 0) is 0 Å². The number of pyridine rings is 1. The number of nitrogens with one attached hydrogen (secondary N) is 1. The summed E-state index contributed by atoms with van der Waals surface area (Å²) in [7, 11) is 1.76. The molecular formula is C11H12N4O. The largest absolute Gasteiger partial charge is 0.437 e. The Hall–Kier alpha value is -2.17. The maximum Gasteiger partial charge on any atom is 0.225 e. The molecule has 2 heterocycles. The molecule has 0 atom stereocenters. The lowest BCUT2D eigenvalue weighted by molar-refractivity contribution is 0.460. The van der Waals surface area contributed by atoms with Crippen LogP contribution in [0.2, 0.25) is 0 Å². The van der Waals surface area contributed by atoms with E-state index >= 15 is 0 Å². The quantitative estimate of drug-likeness (QED) is 0.850. The number of aryl methyl sites for hydroxylation is 1. The Balaban J connectivity index is 2.16. The maximum absolute atomic E-state index is 5.52. The molecule has 2 aromatic rings. The lowest BCUT2D eigenvalue weighted by Gasteiger charge is -2.05. The van der Waals surface area contributed by atoms with Gasteiger partial charge in [0, 0.05) is 25.0 Å². The Labute approximate surface area is 93.5 Å². The highest BCUT2D eigenvalue weighted by atomic mass is 16.5. The number of nitrogens with zero attached hydrogens (tertiary/aromatic N) is 3. The number of ether oxygens (including phenoxy) is 1. The normalized spacial score (nSPS) is 9.88. The molecule has 16 heavy (non-hydrogen) atoms. The minimum Gasteiger partial charge on any atom is -0.437 e. The van der Waals surface area contributed by atoms with Crippen LogP contribution in [0.5, 0.6) is 11.6 Å². The Morgan fingerprint density at radius 3 is 2.75 bits per heavy atom. The molecule has 2 aromatic heterocycles. The monoisotopic (exact) mass is 216 g/mol. The van der Waals surface area contributed by atoms with Gasteiger partial charge in [-0.2, -0.15) is 4.98 Å². The van der Waals surface area contributed by atoms with Gasteiger partial charge >= 0.3 is 0 Å². The van der Waals surface area contributed by atoms with Crippen LogP contribution in [0.3, 0.4) is 0 Å². The number of aromatic nitrogens is 3. The van der Waals surface area contributed by atoms with Crippen molar-refractivity contribution in [1.82, 2.24) is 15.0 Å². The fourth-order valence-electron chi connectivity index (χ4n) is 1.15. The van der Waals surface area contributed by atoms with E-state index in [4.69, 9.17) is 4.74 Å². The maximum atomic E-state index is 5.52. The Kier molecular flexibility index (Phi) is 2.95. The second kappa shape index (κ2) is 4.57. The highest BCUT2D eigenvalue weighted by molar-refractivity contribution is 5.29. The van der Waals surface area contributed by atoms with Crippen molar-refractivity contribution in [3.05, 3.63) is 36.3 Å². The third-order valence-electron chi connectivity index (χ3n) is 1.96. The third kappa shape index (κ3) is 2.44. The van der Waals surface area contributed by atoms with E-state index in [1.807, 2.05) is 19.1 Å². The van der Waals surface area contributed by atoms with Crippen LogP contribution in [0.1, 0.15) is 5.69 Å². The average Bonchev–Trinajstić information content (AvgIpc) is 2.32. The molecule has 1 N–H and O–H groups in total. The molecular weight excluding hydrogens is 204 g/mol. The lowest BCUT2D eigenvalue weighted by Crippen LogP contribution is -1.97. The predicted octanol–water partition coefficient (Wildman–Crippen LogP) is 2.01. The molecule has 0 amide bonds. The number of hydrogen-bond donors (Lipinski definition) is 1. The Bertz CT molecular complexity index is 470. The van der Waals surface area contributed by atoms with Crippen LogP contribution in [0.4, 0.5) is 5.95 Å². The lowest BCUT2D eigenvalue weighted by atomic mass is 10.4. The Morgan fingerprint density at radius 1 is 1.19 bits per heavy atom. The van der Waals surface area contributed by atoms with E-state index < -0.39 is 0 Å². The number of rotatable bonds is 3. The van der Waals surface area contributed by atoms with E-state index in [9.17, 15) is 0 Å². The van der Waals surface area contributed by atoms with Gasteiger partial charge in [-0.1, -0.05) is 0 Å². The summed E-state index contributed by atoms with van der Waals surface area (Å²) in [6.07, 6.45) is 3.30. The molecule has 0 unspecified atom stereocenters. The van der Waals surface area contributed by atoms with E-state index in [0.29, 0.717) is 17.6 Å². The smallest absolute Gasteiger partial charge is 0.225 e. The first kappa shape index (κ1) is 10.4. The molecule has 0 spiro atoms. The van der Waals surface area contributed by atoms with Gasteiger partial charge in [-0.25, -0.2) is 4.98 Å². The van der Waals surface area contributed by atoms with Crippen molar-refractivity contribution in [2.45, 2.75) is 6.92 Å². The van der Waals surface area contributed by atoms with Gasteiger partial charge in [0.1, 0.15) is 5.75 Å². The van der Waals surface area contributed by atoms with Crippen LogP contribution in [0, 0.1) is 6.92 Å². The standard InChI is InChI=1S/C11H12N4O/c1-8-3-4-9(7-14-8)16-10-5-6-13-11(12-2)15-10/h3-7H,1-2H3,(H,12,13,15). The van der Waals surface area contributed by atoms with Crippen LogP contribution in [0.15, 0.2) is 30.6 Å². The summed E-state index contributed by atoms with van der Waals surface area (Å²) in [5.74, 6) is 1.67. The Morgan fingerprint density at radius 2 is 2.06 bits per heavy atom. The highest BCUT2D eigenvalue weighted by Gasteiger charge is 2.00. The summed E-state index contributed by atoms with van der Waals surface area (Å²) in [6.45, 7) is 1.92. The third-order valence-corrected chi connectivity index (χ3v) is 1.96. The fraction of sp³-hybridized carbons (Fsp3) is 0.182. The summed E-state index contributed by atoms with van der Waals surface area (Å²) in [5.41, 5.74) is 0.950. The second-order valence-electron chi connectivity index (χ2n) is 3.21. The molecule has 2 rings (SSSR count). The van der Waals surface area contributed by atoms with Crippen molar-refractivity contribution in [1.29, 1.82) is 0 Å². The zero-order valence-electron chi connectivity index (χ0n) is 9.14. The molecule has 0 bridgehead atoms. The van der Waals surface area contributed by atoms with Crippen LogP contribution in [0.25, 0.3) is 0 Å². The SMILES string of the molecule is CNc1nccc(Oc2ccc(C)nc2)n1. The molecule has 0 saturated heterocycles. The molecule has 0 aromatic carbocycles. The van der Waals surface area contributed by atoms with Crippen molar-refractivity contribution < 1.29 is 4.74 Å². The van der Waals surface area contributed by atoms with E-state index in [2.05, 4.69) is 20.3 Å². The summed E-state index contributed by atoms with van der Waals surface area (Å²) in [5, 5.41) is 2.84. The van der Waals surface area contributed by atoms with Crippen molar-refractivity contribution >= 4 is 5.95 Å². The molecule has 0 aliphatic carbocycles. The number of anilines is 1. The van der Waals surface area contributed by atoms with Crippen molar-refractivity contribution in [3.8, 4) is 11.6 Å². The van der Waals surface area contributed by atoms with E-state index in [-0.39, 0.29) is 0 Å². The van der Waals surface area contributed by atoms with Gasteiger partial charge < -0.3 is 10.1 Å². The van der Waals surface area contributed by atoms with E-state index in [1.54, 1.807) is 25.5 Å². The molecule has 0 fully saturated rings. The topological polar surface area (TPSA) is 59.9 Å². The zero-order chi connectivity index (χ0) is 11.4. The van der Waals surface area contributed by atoms with Crippen molar-refractivity contribution in [2.24, 2.45) is 0 Å². The molecule has 0 saturated carbocycles. The van der Waals surface area contributed by atoms with Crippen molar-refractivity contribution in [3.63, 3.8) is 0 Å². The highest BCUT2D eigenvalue weighted by Crippen LogP contribution is 2.18. The minimum atomic E-state index is 0.491. The van der Waals surface area contributed by atoms with Gasteiger partial charge in [-0.05, 0) is 19.1 Å². The minimum absolute atomic E-state index is 0.491. The predicted molar refractivity (Wildman–Crippen MR) is 60.6 cm³/mol. The summed E-state index contributed by atoms with van der Waals surface area (Å²) < 4.78 is 5.52. The second-order valence-corrected chi connectivity index (χ2v) is 3.21. The van der Waals surface area contributed by atoms with Crippen molar-refractivity contribution in [2.75, 3.05) is 12.4 Å². The van der Waals surface area contributed by atoms with E-state index in [0.717, 1.165) is 5.69 Å². The molecule has 0 aliphatic rings. The molecule has 5 heteroatoms. The van der Waals surface area contributed by atoms with Gasteiger partial charge in [0.25, 0.3) is 0 Å². The average molecular weight is 216 g/mol. The van der Waals surface area contributed by atoms with Gasteiger partial charge in [-0.15, -0.1) is 0 Å². The first-order valence-corrected chi connectivity index (χ1v) is 4.89. The van der Waals surface area contributed by atoms with Crippen LogP contribution >= 0.6 is 0 Å². The molecule has 0 aliphatic heterocycles. The fourth-order valence-corrected chi connectivity index (χ4v) is 1.15. The van der Waals surface area contributed by atoms with Gasteiger partial charge in [0.2, 0.25) is 11.8 Å². The zero-order valence-corrected chi connectivity index (χ0v) is 9.14. The van der Waals surface area contributed by atoms with Gasteiger partial charge in [-0.3, -0.25) is 4.98 Å². The first-order chi connectivity index (χ1) is 7.78. The van der Waals surface area contributed by atoms with Gasteiger partial charge in [0.05, 0.1) is 6.20 Å². The van der Waals surface area contributed by atoms with E-state index in [1.165, 1.54) is 0 Å². The van der Waals surface area contributed by atoms with Crippen LogP contribution in [-0.4, -0.2) is 22.0 Å². The summed E-state index contributed by atoms with van der Waals surface area (Å²) >= 11 is 0.